The second-order valence-corrected chi connectivity index (χ2v) is 7.56. The van der Waals surface area contributed by atoms with E-state index in [1.165, 1.54) is 5.01 Å². The van der Waals surface area contributed by atoms with Crippen LogP contribution in [-0.4, -0.2) is 37.3 Å². The number of nitrogens with one attached hydrogen (secondary N) is 2. The number of rotatable bonds is 10. The first-order valence-electron chi connectivity index (χ1n) is 9.43. The summed E-state index contributed by atoms with van der Waals surface area (Å²) in [4.78, 5) is 8.66. The van der Waals surface area contributed by atoms with Crippen molar-refractivity contribution < 1.29 is 17.9 Å². The van der Waals surface area contributed by atoms with Crippen LogP contribution in [0.5, 0.6) is 0 Å². The van der Waals surface area contributed by atoms with E-state index in [0.29, 0.717) is 18.1 Å². The normalized spacial score (nSPS) is 11.8. The van der Waals surface area contributed by atoms with Crippen LogP contribution in [0, 0.1) is 6.92 Å². The van der Waals surface area contributed by atoms with Gasteiger partial charge in [-0.2, -0.15) is 13.2 Å². The summed E-state index contributed by atoms with van der Waals surface area (Å²) in [6, 6.07) is 7.26. The first-order chi connectivity index (χ1) is 13.9. The molecule has 0 unspecified atom stereocenters. The number of alkyl halides is 3. The van der Waals surface area contributed by atoms with Crippen LogP contribution in [0.25, 0.3) is 0 Å². The van der Waals surface area contributed by atoms with E-state index in [1.807, 2.05) is 19.1 Å². The third kappa shape index (κ3) is 11.1. The van der Waals surface area contributed by atoms with Crippen LogP contribution < -0.4 is 10.6 Å². The molecular formula is C20H28F3IN4OS. The lowest BCUT2D eigenvalue weighted by Crippen LogP contribution is -2.37. The van der Waals surface area contributed by atoms with Crippen LogP contribution in [0.15, 0.2) is 34.6 Å². The lowest BCUT2D eigenvalue weighted by Gasteiger charge is -2.12. The molecule has 2 N–H and O–H groups in total. The smallest absolute Gasteiger partial charge is 0.367 e. The van der Waals surface area contributed by atoms with Crippen LogP contribution in [-0.2, 0) is 24.3 Å². The van der Waals surface area contributed by atoms with Gasteiger partial charge in [0.2, 0.25) is 0 Å². The number of hydrogen-bond donors (Lipinski definition) is 2. The van der Waals surface area contributed by atoms with Crippen molar-refractivity contribution >= 4 is 41.3 Å². The molecule has 2 rings (SSSR count). The molecule has 2 aromatic rings. The summed E-state index contributed by atoms with van der Waals surface area (Å²) in [5.41, 5.74) is 2.79. The van der Waals surface area contributed by atoms with Gasteiger partial charge in [0, 0.05) is 31.2 Å². The summed E-state index contributed by atoms with van der Waals surface area (Å²) in [7, 11) is 1.72. The Balaban J connectivity index is 0.00000450. The van der Waals surface area contributed by atoms with Crippen molar-refractivity contribution in [3.63, 3.8) is 0 Å². The molecule has 1 aromatic carbocycles. The van der Waals surface area contributed by atoms with Gasteiger partial charge in [0.25, 0.3) is 0 Å². The summed E-state index contributed by atoms with van der Waals surface area (Å²) in [6.45, 7) is 2.10. The number of thiazole rings is 1. The Morgan fingerprint density at radius 3 is 2.43 bits per heavy atom. The molecule has 0 aliphatic rings. The molecule has 0 fully saturated rings. The zero-order valence-corrected chi connectivity index (χ0v) is 20.2. The number of halogens is 4. The Morgan fingerprint density at radius 1 is 1.13 bits per heavy atom. The minimum absolute atomic E-state index is 0. The van der Waals surface area contributed by atoms with Gasteiger partial charge in [-0.25, -0.2) is 4.98 Å². The third-order valence-corrected chi connectivity index (χ3v) is 5.04. The molecule has 0 spiro atoms. The Bertz CT molecular complexity index is 766. The molecule has 0 radical (unpaired) electrons. The maximum absolute atomic E-state index is 12.1. The number of nitrogens with zero attached hydrogens (tertiary/aromatic N) is 2. The van der Waals surface area contributed by atoms with Crippen molar-refractivity contribution in [2.75, 3.05) is 20.2 Å². The van der Waals surface area contributed by atoms with Crippen LogP contribution in [0.2, 0.25) is 0 Å². The third-order valence-electron chi connectivity index (χ3n) is 4.02. The fourth-order valence-electron chi connectivity index (χ4n) is 2.57. The zero-order chi connectivity index (χ0) is 21.1. The molecule has 0 aliphatic heterocycles. The van der Waals surface area contributed by atoms with E-state index in [0.717, 1.165) is 37.1 Å². The largest absolute Gasteiger partial charge is 0.411 e. The van der Waals surface area contributed by atoms with Crippen molar-refractivity contribution in [3.05, 3.63) is 51.5 Å². The lowest BCUT2D eigenvalue weighted by molar-refractivity contribution is -0.176. The Kier molecular flexibility index (Phi) is 12.3. The molecule has 0 saturated heterocycles. The molecule has 0 aliphatic carbocycles. The summed E-state index contributed by atoms with van der Waals surface area (Å²) in [6.07, 6.45) is -1.22. The van der Waals surface area contributed by atoms with E-state index < -0.39 is 12.8 Å². The highest BCUT2D eigenvalue weighted by atomic mass is 127. The van der Waals surface area contributed by atoms with E-state index in [2.05, 4.69) is 30.7 Å². The standard InChI is InChI=1S/C20H27F3N4OS.HI/c1-15-13-29-18(27-15)5-3-4-10-25-19(24-2)26-11-16-6-8-17(9-7-16)12-28-14-20(21,22)23;/h6-9,13H,3-5,10-12,14H2,1-2H3,(H2,24,25,26);1H. The average Bonchev–Trinajstić information content (AvgIpc) is 3.09. The van der Waals surface area contributed by atoms with E-state index in [-0.39, 0.29) is 30.6 Å². The first kappa shape index (κ1) is 26.6. The topological polar surface area (TPSA) is 58.5 Å². The lowest BCUT2D eigenvalue weighted by atomic mass is 10.1. The number of aromatic nitrogens is 1. The van der Waals surface area contributed by atoms with Gasteiger partial charge in [-0.3, -0.25) is 4.99 Å². The van der Waals surface area contributed by atoms with E-state index >= 15 is 0 Å². The molecule has 168 valence electrons. The zero-order valence-electron chi connectivity index (χ0n) is 17.1. The number of ether oxygens (including phenoxy) is 1. The summed E-state index contributed by atoms with van der Waals surface area (Å²) >= 11 is 1.70. The molecule has 0 atom stereocenters. The van der Waals surface area contributed by atoms with Crippen molar-refractivity contribution in [1.29, 1.82) is 0 Å². The average molecular weight is 556 g/mol. The molecule has 5 nitrogen and oxygen atoms in total. The number of guanidine groups is 1. The van der Waals surface area contributed by atoms with Crippen LogP contribution >= 0.6 is 35.3 Å². The number of unbranched alkanes of at least 4 members (excludes halogenated alkanes) is 1. The Hall–Kier alpha value is -1.40. The monoisotopic (exact) mass is 556 g/mol. The number of aliphatic imine (C=N–C) groups is 1. The van der Waals surface area contributed by atoms with Gasteiger partial charge in [-0.05, 0) is 37.3 Å². The van der Waals surface area contributed by atoms with Crippen molar-refractivity contribution in [1.82, 2.24) is 15.6 Å². The molecule has 0 amide bonds. The van der Waals surface area contributed by atoms with E-state index in [9.17, 15) is 13.2 Å². The fraction of sp³-hybridized carbons (Fsp3) is 0.500. The molecular weight excluding hydrogens is 528 g/mol. The Morgan fingerprint density at radius 2 is 1.83 bits per heavy atom. The number of hydrogen-bond acceptors (Lipinski definition) is 4. The maximum atomic E-state index is 12.1. The van der Waals surface area contributed by atoms with Crippen LogP contribution in [0.1, 0.15) is 34.7 Å². The highest BCUT2D eigenvalue weighted by Gasteiger charge is 2.27. The predicted octanol–water partition coefficient (Wildman–Crippen LogP) is 4.84. The highest BCUT2D eigenvalue weighted by molar-refractivity contribution is 14.0. The van der Waals surface area contributed by atoms with Crippen molar-refractivity contribution in [3.8, 4) is 0 Å². The van der Waals surface area contributed by atoms with Gasteiger partial charge in [0.05, 0.1) is 11.6 Å². The minimum atomic E-state index is -4.30. The van der Waals surface area contributed by atoms with Gasteiger partial charge >= 0.3 is 6.18 Å². The van der Waals surface area contributed by atoms with Crippen molar-refractivity contribution in [2.45, 2.75) is 45.5 Å². The summed E-state index contributed by atoms with van der Waals surface area (Å²) in [5.74, 6) is 0.715. The van der Waals surface area contributed by atoms with Gasteiger partial charge in [-0.1, -0.05) is 24.3 Å². The van der Waals surface area contributed by atoms with Crippen molar-refractivity contribution in [2.24, 2.45) is 4.99 Å². The highest BCUT2D eigenvalue weighted by Crippen LogP contribution is 2.16. The second kappa shape index (κ2) is 13.8. The maximum Gasteiger partial charge on any atom is 0.411 e. The molecule has 10 heteroatoms. The van der Waals surface area contributed by atoms with E-state index in [4.69, 9.17) is 0 Å². The van der Waals surface area contributed by atoms with Gasteiger partial charge in [-0.15, -0.1) is 35.3 Å². The molecule has 0 saturated carbocycles. The van der Waals surface area contributed by atoms with Crippen LogP contribution in [0.3, 0.4) is 0 Å². The minimum Gasteiger partial charge on any atom is -0.367 e. The molecule has 30 heavy (non-hydrogen) atoms. The fourth-order valence-corrected chi connectivity index (χ4v) is 3.39. The molecule has 1 heterocycles. The second-order valence-electron chi connectivity index (χ2n) is 6.62. The summed E-state index contributed by atoms with van der Waals surface area (Å²) in [5, 5.41) is 9.76. The predicted molar refractivity (Wildman–Crippen MR) is 126 cm³/mol. The number of benzene rings is 1. The SMILES string of the molecule is CN=C(NCCCCc1nc(C)cs1)NCc1ccc(COCC(F)(F)F)cc1.I. The van der Waals surface area contributed by atoms with Gasteiger partial charge in [0.1, 0.15) is 6.61 Å². The summed E-state index contributed by atoms with van der Waals surface area (Å²) < 4.78 is 40.9. The van der Waals surface area contributed by atoms with Crippen LogP contribution in [0.4, 0.5) is 13.2 Å². The molecule has 1 aromatic heterocycles. The van der Waals surface area contributed by atoms with Gasteiger partial charge in [0.15, 0.2) is 5.96 Å². The quantitative estimate of drug-likeness (QED) is 0.191. The number of aryl methyl sites for hydroxylation is 2. The van der Waals surface area contributed by atoms with E-state index in [1.54, 1.807) is 30.5 Å². The van der Waals surface area contributed by atoms with Gasteiger partial charge < -0.3 is 15.4 Å². The first-order valence-corrected chi connectivity index (χ1v) is 10.3. The Labute approximate surface area is 196 Å². The molecule has 0 bridgehead atoms.